The van der Waals surface area contributed by atoms with Crippen LogP contribution in [-0.2, 0) is 28.0 Å². The topological polar surface area (TPSA) is 137 Å². The number of H-pyrrole nitrogens is 1. The molecule has 0 aliphatic carbocycles. The summed E-state index contributed by atoms with van der Waals surface area (Å²) < 4.78 is 37.6. The van der Waals surface area contributed by atoms with Gasteiger partial charge in [-0.25, -0.2) is 0 Å². The third-order valence-electron chi connectivity index (χ3n) is 6.33. The van der Waals surface area contributed by atoms with E-state index in [1.54, 1.807) is 28.0 Å². The molecule has 0 spiro atoms. The van der Waals surface area contributed by atoms with Crippen LogP contribution in [0.15, 0.2) is 51.1 Å². The number of aliphatic carboxylic acids is 1. The quantitative estimate of drug-likeness (QED) is 0.175. The number of fused-ring (bicyclic) bond motifs is 2. The van der Waals surface area contributed by atoms with Crippen molar-refractivity contribution in [3.05, 3.63) is 71.1 Å². The van der Waals surface area contributed by atoms with E-state index in [1.807, 2.05) is 52.8 Å². The number of aryl methyl sites for hydroxylation is 1. The molecule has 0 radical (unpaired) electrons. The maximum absolute atomic E-state index is 13.3. The Balaban J connectivity index is 1.53. The molecule has 0 unspecified atom stereocenters. The Labute approximate surface area is 252 Å². The fraction of sp³-hybridized carbons (Fsp3) is 0.269. The summed E-state index contributed by atoms with van der Waals surface area (Å²) in [7, 11) is -4.09. The number of aromatic nitrogens is 3. The summed E-state index contributed by atoms with van der Waals surface area (Å²) in [5.41, 5.74) is 0.806. The molecular weight excluding hydrogens is 628 g/mol. The van der Waals surface area contributed by atoms with Crippen LogP contribution < -0.4 is 24.2 Å². The Morgan fingerprint density at radius 2 is 2.00 bits per heavy atom. The first kappa shape index (κ1) is 29.6. The van der Waals surface area contributed by atoms with Crippen molar-refractivity contribution in [1.29, 1.82) is 0 Å². The van der Waals surface area contributed by atoms with Crippen LogP contribution >= 0.6 is 46.0 Å². The Morgan fingerprint density at radius 3 is 2.73 bits per heavy atom. The third kappa shape index (κ3) is 6.63. The maximum Gasteiger partial charge on any atom is 0.309 e. The van der Waals surface area contributed by atoms with E-state index in [9.17, 15) is 23.1 Å². The number of para-hydroxylation sites is 1. The Kier molecular flexibility index (Phi) is 8.78. The minimum absolute atomic E-state index is 0.0183. The molecule has 0 fully saturated rings. The zero-order valence-corrected chi connectivity index (χ0v) is 25.8. The van der Waals surface area contributed by atoms with E-state index in [4.69, 9.17) is 16.2 Å². The van der Waals surface area contributed by atoms with Gasteiger partial charge in [-0.1, -0.05) is 46.8 Å². The number of rotatable bonds is 10. The molecule has 1 aliphatic heterocycles. The van der Waals surface area contributed by atoms with Gasteiger partial charge in [0.1, 0.15) is 26.8 Å². The van der Waals surface area contributed by atoms with Gasteiger partial charge in [-0.05, 0) is 37.6 Å². The van der Waals surface area contributed by atoms with Gasteiger partial charge in [0.25, 0.3) is 20.7 Å². The van der Waals surface area contributed by atoms with Crippen LogP contribution in [0.2, 0.25) is 5.15 Å². The number of benzene rings is 1. The Morgan fingerprint density at radius 1 is 1.22 bits per heavy atom. The third-order valence-corrected chi connectivity index (χ3v) is 10.6. The number of carbonyl (C=O) groups is 1. The minimum Gasteiger partial charge on any atom is -0.481 e. The molecule has 5 rings (SSSR count). The molecule has 1 aliphatic rings. The molecule has 0 saturated heterocycles. The molecule has 15 heteroatoms. The Hall–Kier alpha value is -2.88. The van der Waals surface area contributed by atoms with Crippen molar-refractivity contribution in [2.75, 3.05) is 17.2 Å². The van der Waals surface area contributed by atoms with Crippen molar-refractivity contribution in [3.8, 4) is 0 Å². The molecule has 10 nitrogen and oxygen atoms in total. The molecule has 0 amide bonds. The van der Waals surface area contributed by atoms with Crippen LogP contribution in [0.3, 0.4) is 0 Å². The number of thiazole rings is 2. The standard InChI is InChI=1S/C26H25ClN4O6S4/c1-2-29-22(15-23-30(12-10-24(32)33)16-6-3-4-7-17(16)38-23)39-18(26(29)34)8-9-21-31(11-5-13-41(35,36)37)25-19(40-21)14-20(27)28-25/h3-4,6-9,14-15,28H,2,5,10-13H2,1H3,(H-,32,33,35,36,37)/p+1/b18-8+,21-9-. The van der Waals surface area contributed by atoms with Crippen molar-refractivity contribution in [3.63, 3.8) is 0 Å². The van der Waals surface area contributed by atoms with Gasteiger partial charge >= 0.3 is 5.97 Å². The second kappa shape index (κ2) is 12.2. The molecule has 41 heavy (non-hydrogen) atoms. The van der Waals surface area contributed by atoms with E-state index in [-0.39, 0.29) is 24.2 Å². The number of carboxylic acids is 1. The van der Waals surface area contributed by atoms with Crippen LogP contribution in [0, 0.1) is 0 Å². The molecule has 3 aromatic heterocycles. The highest BCUT2D eigenvalue weighted by molar-refractivity contribution is 8.03. The zero-order chi connectivity index (χ0) is 29.3. The molecule has 4 heterocycles. The number of allylic oxidation sites excluding steroid dienone is 1. The van der Waals surface area contributed by atoms with Crippen LogP contribution in [0.5, 0.6) is 0 Å². The average molecular weight is 654 g/mol. The first-order valence-electron chi connectivity index (χ1n) is 12.6. The summed E-state index contributed by atoms with van der Waals surface area (Å²) in [5, 5.41) is 11.4. The number of anilines is 1. The lowest BCUT2D eigenvalue weighted by atomic mass is 10.3. The largest absolute Gasteiger partial charge is 0.481 e. The van der Waals surface area contributed by atoms with Crippen LogP contribution in [0.1, 0.15) is 24.8 Å². The highest BCUT2D eigenvalue weighted by Gasteiger charge is 2.27. The smallest absolute Gasteiger partial charge is 0.309 e. The number of carboxylic acid groups (broad SMARTS) is 1. The monoisotopic (exact) mass is 653 g/mol. The molecule has 0 atom stereocenters. The zero-order valence-electron chi connectivity index (χ0n) is 21.7. The first-order chi connectivity index (χ1) is 19.5. The summed E-state index contributed by atoms with van der Waals surface area (Å²) in [5.74, 6) is -0.517. The van der Waals surface area contributed by atoms with E-state index >= 15 is 0 Å². The van der Waals surface area contributed by atoms with Crippen LogP contribution in [0.4, 0.5) is 5.82 Å². The molecule has 3 N–H and O–H groups in total. The lowest BCUT2D eigenvalue weighted by Gasteiger charge is -2.18. The van der Waals surface area contributed by atoms with Gasteiger partial charge in [0.2, 0.25) is 5.52 Å². The number of aromatic amines is 1. The van der Waals surface area contributed by atoms with Crippen LogP contribution in [0.25, 0.3) is 22.4 Å². The van der Waals surface area contributed by atoms with Gasteiger partial charge in [0.15, 0.2) is 6.54 Å². The van der Waals surface area contributed by atoms with E-state index in [1.165, 1.54) is 23.1 Å². The molecule has 0 bridgehead atoms. The average Bonchev–Trinajstić information content (AvgIpc) is 3.61. The van der Waals surface area contributed by atoms with Crippen molar-refractivity contribution < 1.29 is 27.4 Å². The van der Waals surface area contributed by atoms with Crippen molar-refractivity contribution in [1.82, 2.24) is 9.55 Å². The minimum atomic E-state index is -4.09. The fourth-order valence-electron chi connectivity index (χ4n) is 4.51. The molecule has 216 valence electrons. The van der Waals surface area contributed by atoms with Crippen LogP contribution in [-0.4, -0.2) is 45.9 Å². The normalized spacial score (nSPS) is 15.5. The highest BCUT2D eigenvalue weighted by atomic mass is 35.5. The number of thioether (sulfide) groups is 1. The fourth-order valence-corrected chi connectivity index (χ4v) is 8.61. The second-order valence-electron chi connectivity index (χ2n) is 9.10. The predicted octanol–water partition coefficient (Wildman–Crippen LogP) is 3.23. The second-order valence-corrected chi connectivity index (χ2v) is 14.3. The predicted molar refractivity (Wildman–Crippen MR) is 164 cm³/mol. The van der Waals surface area contributed by atoms with Gasteiger partial charge in [-0.2, -0.15) is 13.0 Å². The van der Waals surface area contributed by atoms with E-state index in [2.05, 4.69) is 4.98 Å². The summed E-state index contributed by atoms with van der Waals surface area (Å²) in [4.78, 5) is 30.5. The number of hydrogen-bond acceptors (Lipinski definition) is 8. The van der Waals surface area contributed by atoms with Crippen molar-refractivity contribution in [2.45, 2.75) is 37.8 Å². The van der Waals surface area contributed by atoms with Crippen molar-refractivity contribution in [2.24, 2.45) is 0 Å². The van der Waals surface area contributed by atoms with Gasteiger partial charge in [-0.3, -0.25) is 18.7 Å². The Bertz CT molecular complexity index is 1950. The van der Waals surface area contributed by atoms with Crippen molar-refractivity contribution >= 4 is 90.3 Å². The van der Waals surface area contributed by atoms with Gasteiger partial charge in [0, 0.05) is 19.2 Å². The first-order valence-corrected chi connectivity index (χ1v) is 17.0. The number of nitrogens with zero attached hydrogens (tertiary/aromatic N) is 3. The van der Waals surface area contributed by atoms with Gasteiger partial charge in [-0.15, -0.1) is 11.3 Å². The van der Waals surface area contributed by atoms with E-state index in [0.29, 0.717) is 29.3 Å². The van der Waals surface area contributed by atoms with E-state index in [0.717, 1.165) is 35.6 Å². The van der Waals surface area contributed by atoms with Gasteiger partial charge < -0.3 is 15.0 Å². The highest BCUT2D eigenvalue weighted by Crippen LogP contribution is 2.46. The molecule has 4 aromatic rings. The lowest BCUT2D eigenvalue weighted by molar-refractivity contribution is -0.667. The number of halogens is 1. The maximum atomic E-state index is 13.3. The SMILES string of the molecule is CCn1c(=O)/c(=C\C=C2/Sc3cc(Cl)[nH]c3N2CCCS(=O)(=O)O)s/c1=C/c1sc2ccccc2[n+]1CCC(=O)O. The summed E-state index contributed by atoms with van der Waals surface area (Å²) in [6, 6.07) is 9.59. The summed E-state index contributed by atoms with van der Waals surface area (Å²) >= 11 is 10.5. The summed E-state index contributed by atoms with van der Waals surface area (Å²) in [6.07, 6.45) is 5.69. The van der Waals surface area contributed by atoms with Gasteiger partial charge in [0.05, 0.1) is 26.3 Å². The molecular formula is C26H26ClN4O6S4+. The lowest BCUT2D eigenvalue weighted by Crippen LogP contribution is -2.37. The molecule has 0 saturated carbocycles. The van der Waals surface area contributed by atoms with E-state index < -0.39 is 16.1 Å². The molecule has 1 aromatic carbocycles. The number of nitrogens with one attached hydrogen (secondary N) is 1. The summed E-state index contributed by atoms with van der Waals surface area (Å²) in [6.45, 7) is 3.00. The number of hydrogen-bond donors (Lipinski definition) is 3.